The second kappa shape index (κ2) is 5.18. The molecule has 1 atom stereocenters. The minimum atomic E-state index is -3.03. The van der Waals surface area contributed by atoms with E-state index in [0.29, 0.717) is 18.7 Å². The molecule has 88 valence electrons. The van der Waals surface area contributed by atoms with Crippen LogP contribution in [0.2, 0.25) is 0 Å². The van der Waals surface area contributed by atoms with Crippen molar-refractivity contribution in [1.29, 1.82) is 5.41 Å². The monoisotopic (exact) mass is 251 g/mol. The van der Waals surface area contributed by atoms with Gasteiger partial charge in [0.2, 0.25) is 0 Å². The molecule has 15 heavy (non-hydrogen) atoms. The van der Waals surface area contributed by atoms with Crippen molar-refractivity contribution in [3.05, 3.63) is 0 Å². The van der Waals surface area contributed by atoms with Crippen LogP contribution in [0.1, 0.15) is 6.42 Å². The molecule has 1 heterocycles. The molecule has 1 saturated heterocycles. The smallest absolute Gasteiger partial charge is 0.164 e. The normalized spacial score (nSPS) is 23.9. The van der Waals surface area contributed by atoms with Gasteiger partial charge in [0.1, 0.15) is 5.37 Å². The summed E-state index contributed by atoms with van der Waals surface area (Å²) in [5.74, 6) is 1.68. The van der Waals surface area contributed by atoms with Gasteiger partial charge in [0.25, 0.3) is 0 Å². The van der Waals surface area contributed by atoms with E-state index < -0.39 is 15.2 Å². The molecule has 0 aromatic heterocycles. The second-order valence-electron chi connectivity index (χ2n) is 3.67. The van der Waals surface area contributed by atoms with Gasteiger partial charge in [0, 0.05) is 37.3 Å². The average Bonchev–Trinajstić information content (AvgIpc) is 2.13. The first kappa shape index (κ1) is 12.8. The molecule has 0 aromatic carbocycles. The Hall–Kier alpha value is -0.270. The van der Waals surface area contributed by atoms with Crippen molar-refractivity contribution in [3.63, 3.8) is 0 Å². The molecule has 1 aliphatic heterocycles. The molecule has 3 N–H and O–H groups in total. The summed E-state index contributed by atoms with van der Waals surface area (Å²) < 4.78 is 23.0. The van der Waals surface area contributed by atoms with Gasteiger partial charge in [-0.2, -0.15) is 11.8 Å². The summed E-state index contributed by atoms with van der Waals surface area (Å²) in [5, 5.41) is 6.72. The van der Waals surface area contributed by atoms with Crippen LogP contribution >= 0.6 is 11.8 Å². The topological polar surface area (TPSA) is 87.2 Å². The number of nitrogens with one attached hydrogen (secondary N) is 1. The van der Waals surface area contributed by atoms with Gasteiger partial charge in [-0.1, -0.05) is 0 Å². The third-order valence-corrected chi connectivity index (χ3v) is 5.04. The summed E-state index contributed by atoms with van der Waals surface area (Å²) in [7, 11) is -3.03. The van der Waals surface area contributed by atoms with Crippen molar-refractivity contribution in [1.82, 2.24) is 4.90 Å². The molecule has 0 amide bonds. The lowest BCUT2D eigenvalue weighted by molar-refractivity contribution is 0.278. The first-order valence-electron chi connectivity index (χ1n) is 4.75. The van der Waals surface area contributed by atoms with E-state index in [1.807, 2.05) is 4.90 Å². The fourth-order valence-electron chi connectivity index (χ4n) is 1.53. The zero-order valence-corrected chi connectivity index (χ0v) is 10.4. The Kier molecular flexibility index (Phi) is 4.42. The second-order valence-corrected chi connectivity index (χ2v) is 7.02. The highest BCUT2D eigenvalue weighted by Gasteiger charge is 2.30. The van der Waals surface area contributed by atoms with E-state index in [0.717, 1.165) is 12.3 Å². The molecule has 0 bridgehead atoms. The lowest BCUT2D eigenvalue weighted by atomic mass is 10.3. The first-order valence-corrected chi connectivity index (χ1v) is 7.86. The molecule has 1 fully saturated rings. The Morgan fingerprint density at radius 2 is 2.33 bits per heavy atom. The molecule has 0 aromatic rings. The van der Waals surface area contributed by atoms with Crippen molar-refractivity contribution in [2.24, 2.45) is 5.73 Å². The van der Waals surface area contributed by atoms with Crippen LogP contribution in [0, 0.1) is 5.41 Å². The third kappa shape index (κ3) is 4.00. The van der Waals surface area contributed by atoms with E-state index in [1.54, 1.807) is 11.8 Å². The van der Waals surface area contributed by atoms with Crippen LogP contribution in [0.15, 0.2) is 0 Å². The highest BCUT2D eigenvalue weighted by molar-refractivity contribution is 8.00. The third-order valence-electron chi connectivity index (χ3n) is 2.35. The van der Waals surface area contributed by atoms with Gasteiger partial charge >= 0.3 is 0 Å². The Balaban J connectivity index is 2.62. The number of sulfone groups is 1. The number of rotatable bonds is 4. The van der Waals surface area contributed by atoms with E-state index >= 15 is 0 Å². The predicted octanol–water partition coefficient (Wildman–Crippen LogP) is -0.268. The zero-order valence-electron chi connectivity index (χ0n) is 8.77. The summed E-state index contributed by atoms with van der Waals surface area (Å²) in [6.45, 7) is 1.32. The minimum absolute atomic E-state index is 0.112. The molecule has 1 rings (SSSR count). The largest absolute Gasteiger partial charge is 0.388 e. The fourth-order valence-corrected chi connectivity index (χ4v) is 4.50. The summed E-state index contributed by atoms with van der Waals surface area (Å²) in [6, 6.07) is 0. The maximum absolute atomic E-state index is 11.5. The number of nitrogens with two attached hydrogens (primary N) is 1. The maximum atomic E-state index is 11.5. The summed E-state index contributed by atoms with van der Waals surface area (Å²) in [5.41, 5.74) is 5.27. The summed E-state index contributed by atoms with van der Waals surface area (Å²) in [4.78, 5) is 1.91. The van der Waals surface area contributed by atoms with Gasteiger partial charge in [0.05, 0.1) is 5.84 Å². The number of amidine groups is 1. The Morgan fingerprint density at radius 1 is 1.67 bits per heavy atom. The quantitative estimate of drug-likeness (QED) is 0.530. The van der Waals surface area contributed by atoms with Crippen LogP contribution in [-0.2, 0) is 9.84 Å². The number of hydrogen-bond donors (Lipinski definition) is 2. The van der Waals surface area contributed by atoms with Gasteiger partial charge in [0.15, 0.2) is 9.84 Å². The van der Waals surface area contributed by atoms with Gasteiger partial charge in [-0.25, -0.2) is 8.42 Å². The van der Waals surface area contributed by atoms with E-state index in [4.69, 9.17) is 11.1 Å². The molecular formula is C8H17N3O2S2. The minimum Gasteiger partial charge on any atom is -0.388 e. The Morgan fingerprint density at radius 3 is 2.87 bits per heavy atom. The fraction of sp³-hybridized carbons (Fsp3) is 0.875. The SMILES string of the molecule is CS(=O)(=O)C1CSCCN1CCC(=N)N. The number of nitrogens with zero attached hydrogens (tertiary/aromatic N) is 1. The van der Waals surface area contributed by atoms with Crippen molar-refractivity contribution in [2.45, 2.75) is 11.8 Å². The highest BCUT2D eigenvalue weighted by atomic mass is 32.2. The van der Waals surface area contributed by atoms with E-state index in [1.165, 1.54) is 6.26 Å². The summed E-state index contributed by atoms with van der Waals surface area (Å²) >= 11 is 1.66. The number of hydrogen-bond acceptors (Lipinski definition) is 5. The number of thioether (sulfide) groups is 1. The van der Waals surface area contributed by atoms with E-state index in [2.05, 4.69) is 0 Å². The van der Waals surface area contributed by atoms with Crippen molar-refractivity contribution < 1.29 is 8.42 Å². The van der Waals surface area contributed by atoms with Crippen LogP contribution in [0.3, 0.4) is 0 Å². The average molecular weight is 251 g/mol. The summed E-state index contributed by atoms with van der Waals surface area (Å²) in [6.07, 6.45) is 1.71. The molecule has 1 unspecified atom stereocenters. The van der Waals surface area contributed by atoms with Crippen LogP contribution in [0.4, 0.5) is 0 Å². The molecule has 0 aliphatic carbocycles. The van der Waals surface area contributed by atoms with E-state index in [9.17, 15) is 8.42 Å². The van der Waals surface area contributed by atoms with Gasteiger partial charge < -0.3 is 5.73 Å². The molecule has 5 nitrogen and oxygen atoms in total. The van der Waals surface area contributed by atoms with Crippen LogP contribution in [-0.4, -0.2) is 55.4 Å². The zero-order chi connectivity index (χ0) is 11.5. The molecular weight excluding hydrogens is 234 g/mol. The van der Waals surface area contributed by atoms with Crippen LogP contribution in [0.25, 0.3) is 0 Å². The molecule has 7 heteroatoms. The van der Waals surface area contributed by atoms with Gasteiger partial charge in [-0.05, 0) is 0 Å². The van der Waals surface area contributed by atoms with Gasteiger partial charge in [-0.15, -0.1) is 0 Å². The molecule has 0 radical (unpaired) electrons. The predicted molar refractivity (Wildman–Crippen MR) is 64.1 cm³/mol. The van der Waals surface area contributed by atoms with Crippen molar-refractivity contribution in [3.8, 4) is 0 Å². The maximum Gasteiger partial charge on any atom is 0.164 e. The standard InChI is InChI=1S/C8H17N3O2S2/c1-15(12,13)8-6-14-5-4-11(8)3-2-7(9)10/h8H,2-6H2,1H3,(H3,9,10). The Labute approximate surface area is 94.8 Å². The van der Waals surface area contributed by atoms with Gasteiger partial charge in [-0.3, -0.25) is 10.3 Å². The highest BCUT2D eigenvalue weighted by Crippen LogP contribution is 2.20. The lowest BCUT2D eigenvalue weighted by Crippen LogP contribution is -2.47. The van der Waals surface area contributed by atoms with Crippen molar-refractivity contribution >= 4 is 27.4 Å². The van der Waals surface area contributed by atoms with Crippen LogP contribution in [0.5, 0.6) is 0 Å². The lowest BCUT2D eigenvalue weighted by Gasteiger charge is -2.33. The Bertz CT molecular complexity index is 329. The molecule has 0 saturated carbocycles. The van der Waals surface area contributed by atoms with Crippen molar-refractivity contribution in [2.75, 3.05) is 30.9 Å². The first-order chi connectivity index (χ1) is 6.91. The molecule has 0 spiro atoms. The van der Waals surface area contributed by atoms with Crippen LogP contribution < -0.4 is 5.73 Å². The van der Waals surface area contributed by atoms with E-state index in [-0.39, 0.29) is 5.84 Å². The molecule has 1 aliphatic rings.